The Morgan fingerprint density at radius 3 is 2.78 bits per heavy atom. The highest BCUT2D eigenvalue weighted by Gasteiger charge is 2.15. The van der Waals surface area contributed by atoms with Gasteiger partial charge in [-0.25, -0.2) is 13.8 Å². The van der Waals surface area contributed by atoms with E-state index in [1.54, 1.807) is 12.1 Å². The minimum absolute atomic E-state index is 0.323. The van der Waals surface area contributed by atoms with Crippen LogP contribution in [0.1, 0.15) is 5.82 Å². The van der Waals surface area contributed by atoms with Crippen molar-refractivity contribution in [2.45, 2.75) is 19.4 Å². The van der Waals surface area contributed by atoms with E-state index in [1.165, 1.54) is 11.7 Å². The van der Waals surface area contributed by atoms with Crippen LogP contribution in [0.15, 0.2) is 12.1 Å². The quantitative estimate of drug-likeness (QED) is 0.787. The molecule has 0 fully saturated rings. The molecule has 0 spiro atoms. The molecule has 0 aliphatic carbocycles. The van der Waals surface area contributed by atoms with Gasteiger partial charge in [0.2, 0.25) is 5.88 Å². The molecule has 0 radical (unpaired) electrons. The van der Waals surface area contributed by atoms with Gasteiger partial charge in [0.1, 0.15) is 11.3 Å². The summed E-state index contributed by atoms with van der Waals surface area (Å²) in [5, 5.41) is 0. The van der Waals surface area contributed by atoms with Crippen LogP contribution in [-0.4, -0.2) is 34.0 Å². The zero-order valence-corrected chi connectivity index (χ0v) is 10.5. The van der Waals surface area contributed by atoms with Gasteiger partial charge in [-0.15, -0.1) is 11.6 Å². The summed E-state index contributed by atoms with van der Waals surface area (Å²) in [6, 6.07) is 3.34. The molecule has 7 heteroatoms. The summed E-state index contributed by atoms with van der Waals surface area (Å²) < 4.78 is 31.6. The second-order valence-corrected chi connectivity index (χ2v) is 4.04. The van der Waals surface area contributed by atoms with Gasteiger partial charge in [-0.3, -0.25) is 0 Å². The Hall–Kier alpha value is -1.43. The molecule has 0 aliphatic heterocycles. The molecule has 0 atom stereocenters. The monoisotopic (exact) mass is 275 g/mol. The molecule has 0 aromatic carbocycles. The highest BCUT2D eigenvalue weighted by Crippen LogP contribution is 2.19. The standard InChI is InChI=1S/C11H12ClF2N3O/c1-18-10-3-2-7-11(16-10)17(6-8(13)14)9(15-7)4-5-12/h2-3,8H,4-6H2,1H3. The molecule has 2 heterocycles. The summed E-state index contributed by atoms with van der Waals surface area (Å²) in [5.74, 6) is 1.21. The molecule has 0 saturated heterocycles. The number of nitrogens with zero attached hydrogens (tertiary/aromatic N) is 3. The third-order valence-corrected chi connectivity index (χ3v) is 2.68. The van der Waals surface area contributed by atoms with Gasteiger partial charge >= 0.3 is 0 Å². The van der Waals surface area contributed by atoms with E-state index in [9.17, 15) is 8.78 Å². The maximum Gasteiger partial charge on any atom is 0.256 e. The number of ether oxygens (including phenoxy) is 1. The number of imidazole rings is 1. The summed E-state index contributed by atoms with van der Waals surface area (Å²) in [7, 11) is 1.47. The lowest BCUT2D eigenvalue weighted by Gasteiger charge is -2.07. The van der Waals surface area contributed by atoms with Crippen LogP contribution >= 0.6 is 11.6 Å². The number of methoxy groups -OCH3 is 1. The van der Waals surface area contributed by atoms with Crippen LogP contribution in [0.25, 0.3) is 11.2 Å². The summed E-state index contributed by atoms with van der Waals surface area (Å²) in [6.07, 6.45) is -2.04. The maximum absolute atomic E-state index is 12.6. The summed E-state index contributed by atoms with van der Waals surface area (Å²) >= 11 is 5.64. The molecule has 0 N–H and O–H groups in total. The summed E-state index contributed by atoms with van der Waals surface area (Å²) in [4.78, 5) is 8.41. The van der Waals surface area contributed by atoms with Crippen LogP contribution in [-0.2, 0) is 13.0 Å². The Kier molecular flexibility index (Phi) is 3.96. The normalized spacial score (nSPS) is 11.4. The molecule has 0 aliphatic rings. The molecular formula is C11H12ClF2N3O. The molecule has 0 saturated carbocycles. The van der Waals surface area contributed by atoms with Crippen LogP contribution in [0.5, 0.6) is 5.88 Å². The maximum atomic E-state index is 12.6. The number of alkyl halides is 3. The van der Waals surface area contributed by atoms with Gasteiger partial charge in [-0.2, -0.15) is 4.98 Å². The van der Waals surface area contributed by atoms with Crippen LogP contribution in [0.2, 0.25) is 0 Å². The Morgan fingerprint density at radius 2 is 2.17 bits per heavy atom. The van der Waals surface area contributed by atoms with Crippen molar-refractivity contribution in [3.05, 3.63) is 18.0 Å². The van der Waals surface area contributed by atoms with E-state index in [2.05, 4.69) is 9.97 Å². The van der Waals surface area contributed by atoms with Crippen molar-refractivity contribution < 1.29 is 13.5 Å². The van der Waals surface area contributed by atoms with E-state index >= 15 is 0 Å². The fourth-order valence-electron chi connectivity index (χ4n) is 1.75. The SMILES string of the molecule is COc1ccc2nc(CCCl)n(CC(F)F)c2n1. The van der Waals surface area contributed by atoms with E-state index in [0.717, 1.165) is 0 Å². The first kappa shape index (κ1) is 13.0. The summed E-state index contributed by atoms with van der Waals surface area (Å²) in [5.41, 5.74) is 0.964. The van der Waals surface area contributed by atoms with Crippen LogP contribution in [0, 0.1) is 0 Å². The molecule has 0 unspecified atom stereocenters. The topological polar surface area (TPSA) is 39.9 Å². The van der Waals surface area contributed by atoms with Gasteiger partial charge in [0.05, 0.1) is 13.7 Å². The first-order chi connectivity index (χ1) is 8.65. The highest BCUT2D eigenvalue weighted by atomic mass is 35.5. The second kappa shape index (κ2) is 5.48. The molecule has 18 heavy (non-hydrogen) atoms. The van der Waals surface area contributed by atoms with Crippen molar-refractivity contribution in [3.8, 4) is 5.88 Å². The number of aryl methyl sites for hydroxylation is 1. The van der Waals surface area contributed by atoms with Crippen molar-refractivity contribution >= 4 is 22.8 Å². The van der Waals surface area contributed by atoms with Gasteiger partial charge in [0, 0.05) is 18.4 Å². The average Bonchev–Trinajstić information content (AvgIpc) is 2.67. The number of hydrogen-bond donors (Lipinski definition) is 0. The van der Waals surface area contributed by atoms with Gasteiger partial charge in [-0.05, 0) is 6.07 Å². The van der Waals surface area contributed by atoms with Gasteiger partial charge in [0.15, 0.2) is 5.65 Å². The number of fused-ring (bicyclic) bond motifs is 1. The van der Waals surface area contributed by atoms with E-state index in [-0.39, 0.29) is 0 Å². The largest absolute Gasteiger partial charge is 0.481 e. The smallest absolute Gasteiger partial charge is 0.256 e. The first-order valence-corrected chi connectivity index (χ1v) is 5.93. The lowest BCUT2D eigenvalue weighted by Crippen LogP contribution is -2.11. The molecule has 2 rings (SSSR count). The van der Waals surface area contributed by atoms with E-state index < -0.39 is 13.0 Å². The molecular weight excluding hydrogens is 264 g/mol. The minimum Gasteiger partial charge on any atom is -0.481 e. The Labute approximate surface area is 108 Å². The van der Waals surface area contributed by atoms with Gasteiger partial charge in [-0.1, -0.05) is 0 Å². The zero-order chi connectivity index (χ0) is 13.1. The van der Waals surface area contributed by atoms with E-state index in [0.29, 0.717) is 35.2 Å². The number of rotatable bonds is 5. The van der Waals surface area contributed by atoms with Crippen molar-refractivity contribution in [2.75, 3.05) is 13.0 Å². The van der Waals surface area contributed by atoms with Crippen molar-refractivity contribution in [1.29, 1.82) is 0 Å². The third-order valence-electron chi connectivity index (χ3n) is 2.49. The van der Waals surface area contributed by atoms with Crippen LogP contribution < -0.4 is 4.74 Å². The van der Waals surface area contributed by atoms with Crippen LogP contribution in [0.3, 0.4) is 0 Å². The minimum atomic E-state index is -2.47. The lowest BCUT2D eigenvalue weighted by atomic mass is 10.4. The van der Waals surface area contributed by atoms with E-state index in [1.807, 2.05) is 0 Å². The molecule has 2 aromatic heterocycles. The first-order valence-electron chi connectivity index (χ1n) is 5.40. The van der Waals surface area contributed by atoms with Crippen LogP contribution in [0.4, 0.5) is 8.78 Å². The van der Waals surface area contributed by atoms with Crippen molar-refractivity contribution in [2.24, 2.45) is 0 Å². The van der Waals surface area contributed by atoms with E-state index in [4.69, 9.17) is 16.3 Å². The Bertz CT molecular complexity index is 544. The predicted molar refractivity (Wildman–Crippen MR) is 64.5 cm³/mol. The fourth-order valence-corrected chi connectivity index (χ4v) is 1.92. The molecule has 0 amide bonds. The third kappa shape index (κ3) is 2.53. The molecule has 2 aromatic rings. The number of pyridine rings is 1. The molecule has 4 nitrogen and oxygen atoms in total. The lowest BCUT2D eigenvalue weighted by molar-refractivity contribution is 0.126. The van der Waals surface area contributed by atoms with Crippen molar-refractivity contribution in [3.63, 3.8) is 0 Å². The second-order valence-electron chi connectivity index (χ2n) is 3.67. The Morgan fingerprint density at radius 1 is 1.39 bits per heavy atom. The number of aromatic nitrogens is 3. The molecule has 0 bridgehead atoms. The number of halogens is 3. The number of hydrogen-bond acceptors (Lipinski definition) is 3. The fraction of sp³-hybridized carbons (Fsp3) is 0.455. The van der Waals surface area contributed by atoms with Gasteiger partial charge < -0.3 is 9.30 Å². The van der Waals surface area contributed by atoms with Gasteiger partial charge in [0.25, 0.3) is 6.43 Å². The average molecular weight is 276 g/mol. The predicted octanol–water partition coefficient (Wildman–Crippen LogP) is 2.49. The van der Waals surface area contributed by atoms with Crippen molar-refractivity contribution in [1.82, 2.24) is 14.5 Å². The zero-order valence-electron chi connectivity index (χ0n) is 9.74. The summed E-state index contributed by atoms with van der Waals surface area (Å²) in [6.45, 7) is -0.442. The highest BCUT2D eigenvalue weighted by molar-refractivity contribution is 6.17. The Balaban J connectivity index is 2.54. The molecule has 98 valence electrons.